The van der Waals surface area contributed by atoms with Crippen molar-refractivity contribution in [3.05, 3.63) is 69.8 Å². The van der Waals surface area contributed by atoms with E-state index in [1.54, 1.807) is 0 Å². The number of nitrogens with zero attached hydrogens (tertiary/aromatic N) is 2. The first-order chi connectivity index (χ1) is 18.1. The van der Waals surface area contributed by atoms with E-state index in [0.717, 1.165) is 78.3 Å². The Bertz CT molecular complexity index is 1720. The Morgan fingerprint density at radius 2 is 1.47 bits per heavy atom. The van der Waals surface area contributed by atoms with Crippen molar-refractivity contribution in [2.45, 2.75) is 53.4 Å². The number of carbonyl (C=O) groups excluding carboxylic acids is 2. The van der Waals surface area contributed by atoms with Crippen LogP contribution < -0.4 is 0 Å². The predicted molar refractivity (Wildman–Crippen MR) is 156 cm³/mol. The molecule has 5 rings (SSSR count). The van der Waals surface area contributed by atoms with E-state index in [4.69, 9.17) is 33.2 Å². The Labute approximate surface area is 230 Å². The second-order valence-corrected chi connectivity index (χ2v) is 10.7. The molecule has 2 aliphatic rings. The molecule has 0 atom stereocenters. The van der Waals surface area contributed by atoms with Crippen LogP contribution in [-0.2, 0) is 16.0 Å². The van der Waals surface area contributed by atoms with Gasteiger partial charge in [0.25, 0.3) is 0 Å². The van der Waals surface area contributed by atoms with E-state index in [9.17, 15) is 9.59 Å². The van der Waals surface area contributed by atoms with Gasteiger partial charge in [-0.1, -0.05) is 0 Å². The summed E-state index contributed by atoms with van der Waals surface area (Å²) < 4.78 is 0. The van der Waals surface area contributed by atoms with E-state index >= 15 is 0 Å². The van der Waals surface area contributed by atoms with E-state index in [2.05, 4.69) is 42.0 Å². The molecule has 0 saturated carbocycles. The summed E-state index contributed by atoms with van der Waals surface area (Å²) in [5.74, 6) is 0. The molecule has 3 aromatic rings. The van der Waals surface area contributed by atoms with Crippen LogP contribution >= 0.6 is 23.2 Å². The molecule has 38 heavy (non-hydrogen) atoms. The Morgan fingerprint density at radius 1 is 0.763 bits per heavy atom. The van der Waals surface area contributed by atoms with Gasteiger partial charge in [-0.15, -0.1) is 0 Å². The SMILES string of the molecule is CC1=Cc2cc3[nH]c(cc4nc(cc5[nH]c(cc1n2)cc5C)C(C)=C4CCC(=O)Cl)c(CCC(=O)Cl)c3C. The van der Waals surface area contributed by atoms with Gasteiger partial charge in [-0.3, -0.25) is 9.59 Å². The highest BCUT2D eigenvalue weighted by Gasteiger charge is 2.19. The highest BCUT2D eigenvalue weighted by Crippen LogP contribution is 2.35. The fourth-order valence-corrected chi connectivity index (χ4v) is 5.28. The van der Waals surface area contributed by atoms with Crippen molar-refractivity contribution < 1.29 is 9.59 Å². The largest absolute Gasteiger partial charge is 0.355 e. The minimum atomic E-state index is -0.383. The Kier molecular flexibility index (Phi) is 7.12. The van der Waals surface area contributed by atoms with Gasteiger partial charge >= 0.3 is 0 Å². The number of fused-ring (bicyclic) bond motifs is 8. The molecule has 2 N–H and O–H groups in total. The van der Waals surface area contributed by atoms with E-state index in [1.807, 2.05) is 32.0 Å². The van der Waals surface area contributed by atoms with Gasteiger partial charge in [0.2, 0.25) is 10.5 Å². The van der Waals surface area contributed by atoms with Gasteiger partial charge in [0, 0.05) is 34.9 Å². The first-order valence-corrected chi connectivity index (χ1v) is 13.3. The summed E-state index contributed by atoms with van der Waals surface area (Å²) in [6.45, 7) is 8.17. The number of hydrogen-bond donors (Lipinski definition) is 2. The molecule has 8 bridgehead atoms. The number of allylic oxidation sites excluding steroid dienone is 3. The van der Waals surface area contributed by atoms with Crippen LogP contribution in [0, 0.1) is 13.8 Å². The number of rotatable bonds is 6. The number of H-pyrrole nitrogens is 2. The maximum absolute atomic E-state index is 11.6. The normalized spacial score (nSPS) is 13.2. The van der Waals surface area contributed by atoms with E-state index in [-0.39, 0.29) is 23.3 Å². The molecule has 2 aliphatic heterocycles. The number of aromatic nitrogens is 4. The Balaban J connectivity index is 1.86. The van der Waals surface area contributed by atoms with Crippen LogP contribution in [0.4, 0.5) is 0 Å². The molecule has 0 spiro atoms. The quantitative estimate of drug-likeness (QED) is 0.310. The summed E-state index contributed by atoms with van der Waals surface area (Å²) in [5.41, 5.74) is 13.2. The molecule has 0 saturated heterocycles. The Hall–Kier alpha value is -3.48. The third-order valence-electron chi connectivity index (χ3n) is 7.22. The van der Waals surface area contributed by atoms with Crippen molar-refractivity contribution >= 4 is 78.5 Å². The van der Waals surface area contributed by atoms with E-state index in [0.29, 0.717) is 12.8 Å². The molecule has 194 valence electrons. The molecule has 0 aliphatic carbocycles. The summed E-state index contributed by atoms with van der Waals surface area (Å²) in [6.07, 6.45) is 3.48. The molecule has 6 nitrogen and oxygen atoms in total. The second-order valence-electron chi connectivity index (χ2n) is 9.90. The third-order valence-corrected chi connectivity index (χ3v) is 7.60. The van der Waals surface area contributed by atoms with Crippen LogP contribution in [0.15, 0.2) is 30.3 Å². The van der Waals surface area contributed by atoms with Crippen LogP contribution in [0.3, 0.4) is 0 Å². The third kappa shape index (κ3) is 5.24. The van der Waals surface area contributed by atoms with Gasteiger partial charge in [0.05, 0.1) is 22.8 Å². The lowest BCUT2D eigenvalue weighted by Gasteiger charge is -2.03. The lowest BCUT2D eigenvalue weighted by atomic mass is 10.0. The molecule has 3 aromatic heterocycles. The van der Waals surface area contributed by atoms with Gasteiger partial charge in [0.15, 0.2) is 0 Å². The van der Waals surface area contributed by atoms with Crippen molar-refractivity contribution in [2.24, 2.45) is 0 Å². The van der Waals surface area contributed by atoms with Gasteiger partial charge in [-0.25, -0.2) is 9.97 Å². The molecule has 0 amide bonds. The highest BCUT2D eigenvalue weighted by atomic mass is 35.5. The minimum absolute atomic E-state index is 0.218. The fourth-order valence-electron chi connectivity index (χ4n) is 5.09. The number of aromatic amines is 2. The van der Waals surface area contributed by atoms with Crippen molar-refractivity contribution in [2.75, 3.05) is 0 Å². The summed E-state index contributed by atoms with van der Waals surface area (Å²) in [7, 11) is 0. The summed E-state index contributed by atoms with van der Waals surface area (Å²) >= 11 is 11.4. The number of hydrogen-bond acceptors (Lipinski definition) is 4. The van der Waals surface area contributed by atoms with Gasteiger partial charge < -0.3 is 9.97 Å². The molecule has 0 fully saturated rings. The zero-order valence-corrected chi connectivity index (χ0v) is 23.3. The molecule has 0 unspecified atom stereocenters. The predicted octanol–water partition coefficient (Wildman–Crippen LogP) is 7.67. The Morgan fingerprint density at radius 3 is 2.21 bits per heavy atom. The maximum Gasteiger partial charge on any atom is 0.221 e. The molecule has 0 radical (unpaired) electrons. The lowest BCUT2D eigenvalue weighted by molar-refractivity contribution is -0.112. The molecule has 5 heterocycles. The van der Waals surface area contributed by atoms with Crippen molar-refractivity contribution in [1.29, 1.82) is 0 Å². The first-order valence-electron chi connectivity index (χ1n) is 12.6. The number of carbonyl (C=O) groups is 2. The second kappa shape index (κ2) is 10.4. The molecule has 8 heteroatoms. The average Bonchev–Trinajstić information content (AvgIpc) is 3.53. The molecular weight excluding hydrogens is 519 g/mol. The smallest absolute Gasteiger partial charge is 0.221 e. The monoisotopic (exact) mass is 546 g/mol. The summed E-state index contributed by atoms with van der Waals surface area (Å²) in [4.78, 5) is 40.1. The summed E-state index contributed by atoms with van der Waals surface area (Å²) in [6, 6.07) is 10.2. The maximum atomic E-state index is 11.6. The summed E-state index contributed by atoms with van der Waals surface area (Å²) in [5, 5.41) is -0.763. The first kappa shape index (κ1) is 26.1. The number of halogens is 2. The van der Waals surface area contributed by atoms with E-state index < -0.39 is 0 Å². The van der Waals surface area contributed by atoms with Crippen LogP contribution in [0.1, 0.15) is 72.6 Å². The number of nitrogens with one attached hydrogen (secondary N) is 2. The van der Waals surface area contributed by atoms with Gasteiger partial charge in [-0.2, -0.15) is 0 Å². The zero-order valence-electron chi connectivity index (χ0n) is 21.8. The number of aryl methyl sites for hydroxylation is 3. The van der Waals surface area contributed by atoms with Crippen molar-refractivity contribution in [3.8, 4) is 0 Å². The van der Waals surface area contributed by atoms with Crippen LogP contribution in [0.25, 0.3) is 44.9 Å². The van der Waals surface area contributed by atoms with Gasteiger partial charge in [0.1, 0.15) is 0 Å². The minimum Gasteiger partial charge on any atom is -0.355 e. The molecule has 0 aromatic carbocycles. The molecular formula is C30H28Cl2N4O2. The highest BCUT2D eigenvalue weighted by molar-refractivity contribution is 6.63. The van der Waals surface area contributed by atoms with Crippen molar-refractivity contribution in [1.82, 2.24) is 19.9 Å². The average molecular weight is 547 g/mol. The van der Waals surface area contributed by atoms with Gasteiger partial charge in [-0.05, 0) is 134 Å². The lowest BCUT2D eigenvalue weighted by Crippen LogP contribution is -1.93. The van der Waals surface area contributed by atoms with Crippen molar-refractivity contribution in [3.63, 3.8) is 0 Å². The fraction of sp³-hybridized carbons (Fsp3) is 0.267. The van der Waals surface area contributed by atoms with Crippen LogP contribution in [-0.4, -0.2) is 30.4 Å². The topological polar surface area (TPSA) is 91.5 Å². The zero-order chi connectivity index (χ0) is 27.1. The standard InChI is InChI=1S/C30H28Cl2N4O2/c1-15-9-20-12-25-17(3)21(5-7-29(31)37)27(35-25)14-28-22(6-8-30(32)38)18(4)26(36-28)13-24-16(2)10-19(34-24)11-23(15)33-20/h9-14,34-35H,5-8H2,1-4H3. The van der Waals surface area contributed by atoms with Crippen LogP contribution in [0.2, 0.25) is 0 Å². The van der Waals surface area contributed by atoms with Crippen LogP contribution in [0.5, 0.6) is 0 Å². The van der Waals surface area contributed by atoms with E-state index in [1.165, 1.54) is 0 Å².